The summed E-state index contributed by atoms with van der Waals surface area (Å²) in [7, 11) is 1.33. The van der Waals surface area contributed by atoms with Crippen molar-refractivity contribution >= 4 is 17.6 Å². The van der Waals surface area contributed by atoms with E-state index in [0.29, 0.717) is 11.3 Å². The minimum atomic E-state index is -0.433. The number of allylic oxidation sites excluding steroid dienone is 1. The van der Waals surface area contributed by atoms with Crippen molar-refractivity contribution in [2.75, 3.05) is 12.0 Å². The summed E-state index contributed by atoms with van der Waals surface area (Å²) in [6, 6.07) is 5.82. The molecule has 4 nitrogen and oxygen atoms in total. The lowest BCUT2D eigenvalue weighted by Crippen LogP contribution is -2.23. The molecule has 0 bridgehead atoms. The first-order valence-electron chi connectivity index (χ1n) is 6.14. The molecule has 0 atom stereocenters. The van der Waals surface area contributed by atoms with Crippen LogP contribution in [0.3, 0.4) is 0 Å². The molecule has 19 heavy (non-hydrogen) atoms. The molecule has 1 aromatic carbocycles. The van der Waals surface area contributed by atoms with E-state index in [0.717, 1.165) is 11.3 Å². The van der Waals surface area contributed by atoms with Crippen LogP contribution in [0.25, 0.3) is 0 Å². The van der Waals surface area contributed by atoms with Gasteiger partial charge in [0.05, 0.1) is 19.1 Å². The summed E-state index contributed by atoms with van der Waals surface area (Å²) in [6.07, 6.45) is 0.103. The van der Waals surface area contributed by atoms with Crippen LogP contribution in [0.5, 0.6) is 0 Å². The van der Waals surface area contributed by atoms with E-state index < -0.39 is 5.97 Å². The number of nitrogens with zero attached hydrogens (tertiary/aromatic N) is 1. The molecule has 0 radical (unpaired) electrons. The molecule has 0 spiro atoms. The molecule has 1 aliphatic heterocycles. The van der Waals surface area contributed by atoms with Crippen LogP contribution < -0.4 is 4.90 Å². The molecule has 0 saturated carbocycles. The lowest BCUT2D eigenvalue weighted by molar-refractivity contribution is -0.136. The van der Waals surface area contributed by atoms with Gasteiger partial charge in [-0.3, -0.25) is 9.69 Å². The number of anilines is 1. The van der Waals surface area contributed by atoms with Gasteiger partial charge in [0.15, 0.2) is 0 Å². The first-order valence-corrected chi connectivity index (χ1v) is 6.14. The highest BCUT2D eigenvalue weighted by Crippen LogP contribution is 2.31. The maximum atomic E-state index is 12.1. The number of methoxy groups -OCH3 is 1. The summed E-state index contributed by atoms with van der Waals surface area (Å²) in [5, 5.41) is 0. The maximum Gasteiger partial charge on any atom is 0.336 e. The number of hydrogen-bond acceptors (Lipinski definition) is 3. The van der Waals surface area contributed by atoms with Gasteiger partial charge < -0.3 is 4.74 Å². The highest BCUT2D eigenvalue weighted by molar-refractivity contribution is 6.09. The van der Waals surface area contributed by atoms with Crippen LogP contribution in [0.15, 0.2) is 29.5 Å². The van der Waals surface area contributed by atoms with Gasteiger partial charge in [0.2, 0.25) is 5.91 Å². The lowest BCUT2D eigenvalue weighted by atomic mass is 10.1. The Labute approximate surface area is 112 Å². The van der Waals surface area contributed by atoms with E-state index in [9.17, 15) is 9.59 Å². The summed E-state index contributed by atoms with van der Waals surface area (Å²) in [6.45, 7) is 5.79. The number of benzene rings is 1. The molecule has 1 heterocycles. The van der Waals surface area contributed by atoms with Gasteiger partial charge >= 0.3 is 5.97 Å². The Morgan fingerprint density at radius 2 is 1.89 bits per heavy atom. The Kier molecular flexibility index (Phi) is 3.42. The molecule has 0 aliphatic carbocycles. The predicted molar refractivity (Wildman–Crippen MR) is 72.7 cm³/mol. The Hall–Kier alpha value is -2.10. The second-order valence-electron chi connectivity index (χ2n) is 4.73. The third kappa shape index (κ3) is 2.26. The van der Waals surface area contributed by atoms with E-state index in [1.807, 2.05) is 32.0 Å². The molecule has 0 unspecified atom stereocenters. The molecule has 1 aliphatic rings. The van der Waals surface area contributed by atoms with E-state index in [1.54, 1.807) is 11.8 Å². The quantitative estimate of drug-likeness (QED) is 0.767. The lowest BCUT2D eigenvalue weighted by Gasteiger charge is -2.19. The standard InChI is InChI=1S/C15H17NO3/c1-9-5-6-12(7-10(9)2)16-11(3)13(8-14(16)17)15(18)19-4/h5-7H,8H2,1-4H3. The van der Waals surface area contributed by atoms with Crippen molar-refractivity contribution in [3.63, 3.8) is 0 Å². The minimum absolute atomic E-state index is 0.0962. The highest BCUT2D eigenvalue weighted by Gasteiger charge is 2.32. The van der Waals surface area contributed by atoms with Crippen LogP contribution in [0.1, 0.15) is 24.5 Å². The largest absolute Gasteiger partial charge is 0.466 e. The van der Waals surface area contributed by atoms with Crippen molar-refractivity contribution in [2.45, 2.75) is 27.2 Å². The Balaban J connectivity index is 2.44. The molecule has 1 aromatic rings. The zero-order chi connectivity index (χ0) is 14.2. The van der Waals surface area contributed by atoms with Crippen molar-refractivity contribution in [1.82, 2.24) is 0 Å². The van der Waals surface area contributed by atoms with E-state index in [2.05, 4.69) is 0 Å². The third-order valence-corrected chi connectivity index (χ3v) is 3.53. The summed E-state index contributed by atoms with van der Waals surface area (Å²) >= 11 is 0. The van der Waals surface area contributed by atoms with Gasteiger partial charge in [-0.2, -0.15) is 0 Å². The first-order chi connectivity index (χ1) is 8.95. The second kappa shape index (κ2) is 4.88. The molecule has 4 heteroatoms. The predicted octanol–water partition coefficient (Wildman–Crippen LogP) is 2.49. The molecule has 0 N–H and O–H groups in total. The van der Waals surface area contributed by atoms with E-state index in [-0.39, 0.29) is 12.3 Å². The number of aryl methyl sites for hydroxylation is 2. The molecule has 0 saturated heterocycles. The van der Waals surface area contributed by atoms with Crippen LogP contribution in [0, 0.1) is 13.8 Å². The summed E-state index contributed by atoms with van der Waals surface area (Å²) in [5.41, 5.74) is 4.17. The SMILES string of the molecule is COC(=O)C1=C(C)N(c2ccc(C)c(C)c2)C(=O)C1. The van der Waals surface area contributed by atoms with Crippen LogP contribution in [0.2, 0.25) is 0 Å². The Morgan fingerprint density at radius 3 is 2.47 bits per heavy atom. The fourth-order valence-corrected chi connectivity index (χ4v) is 2.23. The van der Waals surface area contributed by atoms with Crippen molar-refractivity contribution < 1.29 is 14.3 Å². The molecule has 1 amide bonds. The average Bonchev–Trinajstić information content (AvgIpc) is 2.68. The van der Waals surface area contributed by atoms with Crippen LogP contribution in [0.4, 0.5) is 5.69 Å². The zero-order valence-corrected chi connectivity index (χ0v) is 11.6. The average molecular weight is 259 g/mol. The van der Waals surface area contributed by atoms with Crippen LogP contribution in [-0.4, -0.2) is 19.0 Å². The molecule has 2 rings (SSSR count). The number of carbonyl (C=O) groups excluding carboxylic acids is 2. The highest BCUT2D eigenvalue weighted by atomic mass is 16.5. The summed E-state index contributed by atoms with van der Waals surface area (Å²) < 4.78 is 4.70. The topological polar surface area (TPSA) is 46.6 Å². The fourth-order valence-electron chi connectivity index (χ4n) is 2.23. The molecular formula is C15H17NO3. The maximum absolute atomic E-state index is 12.1. The molecule has 0 fully saturated rings. The van der Waals surface area contributed by atoms with E-state index in [1.165, 1.54) is 12.7 Å². The normalized spacial score (nSPS) is 15.2. The van der Waals surface area contributed by atoms with Gasteiger partial charge in [-0.25, -0.2) is 4.79 Å². The van der Waals surface area contributed by atoms with Gasteiger partial charge in [-0.15, -0.1) is 0 Å². The third-order valence-electron chi connectivity index (χ3n) is 3.53. The number of rotatable bonds is 2. The van der Waals surface area contributed by atoms with Gasteiger partial charge in [-0.05, 0) is 44.0 Å². The molecular weight excluding hydrogens is 242 g/mol. The van der Waals surface area contributed by atoms with Crippen molar-refractivity contribution in [1.29, 1.82) is 0 Å². The zero-order valence-electron chi connectivity index (χ0n) is 11.6. The molecule has 0 aromatic heterocycles. The molecule has 100 valence electrons. The summed E-state index contributed by atoms with van der Waals surface area (Å²) in [4.78, 5) is 25.3. The number of hydrogen-bond donors (Lipinski definition) is 0. The van der Waals surface area contributed by atoms with Crippen molar-refractivity contribution in [2.24, 2.45) is 0 Å². The van der Waals surface area contributed by atoms with Gasteiger partial charge in [0.25, 0.3) is 0 Å². The number of ether oxygens (including phenoxy) is 1. The Morgan fingerprint density at radius 1 is 1.21 bits per heavy atom. The summed E-state index contributed by atoms with van der Waals surface area (Å²) in [5.74, 6) is -0.529. The van der Waals surface area contributed by atoms with E-state index >= 15 is 0 Å². The van der Waals surface area contributed by atoms with E-state index in [4.69, 9.17) is 4.74 Å². The number of amides is 1. The smallest absolute Gasteiger partial charge is 0.336 e. The van der Waals surface area contributed by atoms with Crippen LogP contribution >= 0.6 is 0 Å². The van der Waals surface area contributed by atoms with Crippen molar-refractivity contribution in [3.8, 4) is 0 Å². The first kappa shape index (κ1) is 13.3. The van der Waals surface area contributed by atoms with Gasteiger partial charge in [0, 0.05) is 11.4 Å². The number of esters is 1. The van der Waals surface area contributed by atoms with Gasteiger partial charge in [-0.1, -0.05) is 6.07 Å². The fraction of sp³-hybridized carbons (Fsp3) is 0.333. The minimum Gasteiger partial charge on any atom is -0.466 e. The number of carbonyl (C=O) groups is 2. The second-order valence-corrected chi connectivity index (χ2v) is 4.73. The van der Waals surface area contributed by atoms with Gasteiger partial charge in [0.1, 0.15) is 0 Å². The van der Waals surface area contributed by atoms with Crippen LogP contribution in [-0.2, 0) is 14.3 Å². The monoisotopic (exact) mass is 259 g/mol. The Bertz CT molecular complexity index is 587. The van der Waals surface area contributed by atoms with Crippen molar-refractivity contribution in [3.05, 3.63) is 40.6 Å².